The molecule has 1 N–H and O–H groups in total. The summed E-state index contributed by atoms with van der Waals surface area (Å²) in [6.07, 6.45) is -8.99. The minimum Gasteiger partial charge on any atom is -0.395 e. The Morgan fingerprint density at radius 3 is 2.53 bits per heavy atom. The maximum absolute atomic E-state index is 13.1. The van der Waals surface area contributed by atoms with Crippen LogP contribution in [0.3, 0.4) is 0 Å². The molecule has 8 nitrogen and oxygen atoms in total. The molecule has 1 aromatic carbocycles. The van der Waals surface area contributed by atoms with Crippen molar-refractivity contribution < 1.29 is 44.6 Å². The Morgan fingerprint density at radius 2 is 1.90 bits per heavy atom. The summed E-state index contributed by atoms with van der Waals surface area (Å²) in [6, 6.07) is 1.62. The number of halogens is 7. The Morgan fingerprint density at radius 1 is 1.23 bits per heavy atom. The van der Waals surface area contributed by atoms with Crippen LogP contribution in [0.4, 0.5) is 22.0 Å². The van der Waals surface area contributed by atoms with E-state index in [1.807, 2.05) is 0 Å². The molecule has 164 valence electrons. The summed E-state index contributed by atoms with van der Waals surface area (Å²) in [4.78, 5) is 14.9. The zero-order valence-corrected chi connectivity index (χ0v) is 16.5. The van der Waals surface area contributed by atoms with Crippen LogP contribution in [0.5, 0.6) is 11.5 Å². The van der Waals surface area contributed by atoms with Crippen LogP contribution in [-0.4, -0.2) is 36.3 Å². The van der Waals surface area contributed by atoms with E-state index in [1.165, 1.54) is 0 Å². The number of amides is 1. The minimum absolute atomic E-state index is 0.526. The van der Waals surface area contributed by atoms with Crippen LogP contribution in [-0.2, 0) is 16.6 Å². The first-order chi connectivity index (χ1) is 13.7. The second-order valence-electron chi connectivity index (χ2n) is 5.75. The quantitative estimate of drug-likeness (QED) is 0.636. The van der Waals surface area contributed by atoms with Crippen molar-refractivity contribution in [2.24, 2.45) is 0 Å². The fourth-order valence-electron chi connectivity index (χ4n) is 2.32. The number of ether oxygens (including phenoxy) is 2. The van der Waals surface area contributed by atoms with Gasteiger partial charge in [-0.1, -0.05) is 23.2 Å². The van der Waals surface area contributed by atoms with E-state index in [0.29, 0.717) is 0 Å². The third-order valence-corrected chi connectivity index (χ3v) is 5.87. The van der Waals surface area contributed by atoms with Crippen molar-refractivity contribution in [1.29, 1.82) is 0 Å². The molecule has 1 aliphatic rings. The van der Waals surface area contributed by atoms with E-state index in [9.17, 15) is 35.2 Å². The first-order valence-corrected chi connectivity index (χ1v) is 9.87. The van der Waals surface area contributed by atoms with Gasteiger partial charge >= 0.3 is 12.5 Å². The lowest BCUT2D eigenvalue weighted by atomic mass is 10.3. The minimum atomic E-state index is -4.74. The molecule has 2 heterocycles. The number of alkyl halides is 5. The summed E-state index contributed by atoms with van der Waals surface area (Å²) >= 11 is 11.6. The summed E-state index contributed by atoms with van der Waals surface area (Å²) in [5.41, 5.74) is -0.675. The molecule has 0 unspecified atom stereocenters. The van der Waals surface area contributed by atoms with Gasteiger partial charge in [0, 0.05) is 6.54 Å². The molecule has 0 atom stereocenters. The van der Waals surface area contributed by atoms with Gasteiger partial charge in [-0.05, 0) is 12.1 Å². The summed E-state index contributed by atoms with van der Waals surface area (Å²) in [5, 5.41) is -1.32. The van der Waals surface area contributed by atoms with E-state index >= 15 is 0 Å². The van der Waals surface area contributed by atoms with Crippen LogP contribution in [0.2, 0.25) is 10.2 Å². The number of aromatic nitrogens is 2. The molecule has 0 saturated heterocycles. The fraction of sp³-hybridized carbons (Fsp3) is 0.286. The van der Waals surface area contributed by atoms with Crippen LogP contribution < -0.4 is 14.2 Å². The van der Waals surface area contributed by atoms with Crippen molar-refractivity contribution in [3.8, 4) is 11.5 Å². The molecule has 1 amide bonds. The zero-order valence-electron chi connectivity index (χ0n) is 14.1. The molecule has 30 heavy (non-hydrogen) atoms. The van der Waals surface area contributed by atoms with E-state index in [0.717, 1.165) is 23.0 Å². The Labute approximate surface area is 174 Å². The third-order valence-electron chi connectivity index (χ3n) is 3.62. The monoisotopic (exact) mass is 495 g/mol. The lowest BCUT2D eigenvalue weighted by Crippen LogP contribution is -2.31. The molecule has 0 aliphatic carbocycles. The van der Waals surface area contributed by atoms with Crippen LogP contribution in [0.25, 0.3) is 0 Å². The Hall–Kier alpha value is -2.32. The van der Waals surface area contributed by atoms with Crippen LogP contribution in [0.1, 0.15) is 16.9 Å². The molecular weight excluding hydrogens is 488 g/mol. The van der Waals surface area contributed by atoms with Crippen molar-refractivity contribution in [2.45, 2.75) is 30.3 Å². The second kappa shape index (κ2) is 7.42. The number of imidazole rings is 1. The molecule has 3 rings (SSSR count). The molecule has 0 radical (unpaired) electrons. The van der Waals surface area contributed by atoms with Crippen LogP contribution in [0.15, 0.2) is 23.4 Å². The molecule has 0 fully saturated rings. The summed E-state index contributed by atoms with van der Waals surface area (Å²) in [7, 11) is -4.74. The van der Waals surface area contributed by atoms with Gasteiger partial charge in [0.1, 0.15) is 15.1 Å². The lowest BCUT2D eigenvalue weighted by molar-refractivity contribution is -0.286. The maximum atomic E-state index is 13.1. The van der Waals surface area contributed by atoms with Gasteiger partial charge in [-0.3, -0.25) is 4.79 Å². The summed E-state index contributed by atoms with van der Waals surface area (Å²) < 4.78 is 98.7. The first kappa shape index (κ1) is 22.4. The predicted molar refractivity (Wildman–Crippen MR) is 90.2 cm³/mol. The molecule has 0 saturated carbocycles. The highest BCUT2D eigenvalue weighted by Crippen LogP contribution is 2.47. The molecule has 0 spiro atoms. The van der Waals surface area contributed by atoms with Gasteiger partial charge in [0.05, 0.1) is 12.7 Å². The number of hydrogen-bond acceptors (Lipinski definition) is 6. The number of nitrogens with one attached hydrogen (secondary N) is 1. The van der Waals surface area contributed by atoms with Crippen molar-refractivity contribution in [1.82, 2.24) is 14.3 Å². The molecular formula is C14H8Cl2F5N3O5S. The number of benzene rings is 1. The van der Waals surface area contributed by atoms with Gasteiger partial charge < -0.3 is 14.0 Å². The molecule has 1 aliphatic heterocycles. The van der Waals surface area contributed by atoms with Crippen LogP contribution >= 0.6 is 23.2 Å². The van der Waals surface area contributed by atoms with E-state index < -0.39 is 73.6 Å². The Balaban J connectivity index is 1.82. The van der Waals surface area contributed by atoms with Crippen LogP contribution in [0, 0.1) is 0 Å². The molecule has 0 bridgehead atoms. The topological polar surface area (TPSA) is 99.5 Å². The van der Waals surface area contributed by atoms with Gasteiger partial charge in [0.25, 0.3) is 15.9 Å². The van der Waals surface area contributed by atoms with E-state index in [1.54, 1.807) is 4.72 Å². The van der Waals surface area contributed by atoms with Gasteiger partial charge in [-0.2, -0.15) is 13.2 Å². The molecule has 1 aromatic heterocycles. The number of fused-ring (bicyclic) bond motifs is 1. The van der Waals surface area contributed by atoms with Gasteiger partial charge in [-0.15, -0.1) is 8.78 Å². The Bertz CT molecular complexity index is 1120. The number of sulfonamides is 1. The largest absolute Gasteiger partial charge is 0.586 e. The highest BCUT2D eigenvalue weighted by Gasteiger charge is 2.45. The average Bonchev–Trinajstić information content (AvgIpc) is 3.11. The highest BCUT2D eigenvalue weighted by molar-refractivity contribution is 7.90. The number of carbonyl (C=O) groups excluding carboxylic acids is 1. The summed E-state index contributed by atoms with van der Waals surface area (Å²) in [5.74, 6) is -2.67. The maximum Gasteiger partial charge on any atom is 0.586 e. The zero-order chi connectivity index (χ0) is 22.5. The molecule has 16 heteroatoms. The predicted octanol–water partition coefficient (Wildman–Crippen LogP) is 3.58. The van der Waals surface area contributed by atoms with Gasteiger partial charge in [0.15, 0.2) is 17.2 Å². The van der Waals surface area contributed by atoms with Crippen molar-refractivity contribution >= 4 is 39.1 Å². The van der Waals surface area contributed by atoms with E-state index in [4.69, 9.17) is 23.2 Å². The van der Waals surface area contributed by atoms with E-state index in [-0.39, 0.29) is 0 Å². The van der Waals surface area contributed by atoms with Gasteiger partial charge in [0.2, 0.25) is 0 Å². The number of nitrogens with zero attached hydrogens (tertiary/aromatic N) is 2. The van der Waals surface area contributed by atoms with Gasteiger partial charge in [-0.25, -0.2) is 18.1 Å². The standard InChI is InChI=1S/C14H8Cl2F5N3O5S/c15-8-7(2-1-6-10(8)29-14(20,21)28-6)30(26,27)23-12(25)9-11(16)24(5-22-9)4-3-13(17,18)19/h1-2,5H,3-4H2,(H,23,25). The van der Waals surface area contributed by atoms with E-state index in [2.05, 4.69) is 14.5 Å². The lowest BCUT2D eigenvalue weighted by Gasteiger charge is -2.10. The Kier molecular flexibility index (Phi) is 5.54. The fourth-order valence-corrected chi connectivity index (χ4v) is 4.11. The number of aryl methyl sites for hydroxylation is 1. The summed E-state index contributed by atoms with van der Waals surface area (Å²) in [6.45, 7) is -0.655. The molecule has 2 aromatic rings. The normalized spacial score (nSPS) is 15.3. The second-order valence-corrected chi connectivity index (χ2v) is 8.14. The van der Waals surface area contributed by atoms with Crippen molar-refractivity contribution in [3.63, 3.8) is 0 Å². The number of carbonyl (C=O) groups is 1. The third kappa shape index (κ3) is 4.54. The number of hydrogen-bond donors (Lipinski definition) is 1. The number of rotatable bonds is 5. The highest BCUT2D eigenvalue weighted by atomic mass is 35.5. The first-order valence-electron chi connectivity index (χ1n) is 7.63. The smallest absolute Gasteiger partial charge is 0.395 e. The SMILES string of the molecule is O=C(NS(=O)(=O)c1ccc2c(c1Cl)OC(F)(F)O2)c1ncn(CCC(F)(F)F)c1Cl. The van der Waals surface area contributed by atoms with Crippen molar-refractivity contribution in [3.05, 3.63) is 34.3 Å². The van der Waals surface area contributed by atoms with Crippen molar-refractivity contribution in [2.75, 3.05) is 0 Å². The average molecular weight is 496 g/mol.